The second-order valence-corrected chi connectivity index (χ2v) is 55.4. The van der Waals surface area contributed by atoms with Crippen molar-refractivity contribution < 1.29 is 50.7 Å². The summed E-state index contributed by atoms with van der Waals surface area (Å²) in [5, 5.41) is 96.7. The van der Waals surface area contributed by atoms with Crippen molar-refractivity contribution in [3.05, 3.63) is 226 Å². The lowest BCUT2D eigenvalue weighted by molar-refractivity contribution is 0.281. The van der Waals surface area contributed by atoms with Crippen LogP contribution in [0.1, 0.15) is 188 Å². The predicted octanol–water partition coefficient (Wildman–Crippen LogP) is 27.4. The first kappa shape index (κ1) is 104. The van der Waals surface area contributed by atoms with Crippen LogP contribution in [0.4, 0.5) is 0 Å². The van der Waals surface area contributed by atoms with Crippen LogP contribution in [0.5, 0.6) is 57.5 Å². The molecule has 9 N–H and O–H groups in total. The fourth-order valence-corrected chi connectivity index (χ4v) is 36.6. The molecule has 18 heteroatoms. The highest BCUT2D eigenvalue weighted by Crippen LogP contribution is 2.58. The molecule has 712 valence electrons. The minimum absolute atomic E-state index is 0.0568. The summed E-state index contributed by atoms with van der Waals surface area (Å²) in [7, 11) is 2.65. The lowest BCUT2D eigenvalue weighted by atomic mass is 9.82. The molecule has 0 spiro atoms. The second kappa shape index (κ2) is 50.2. The number of phenolic OH excluding ortho intramolecular Hbond substituents is 9. The number of hydrogen-bond acceptors (Lipinski definition) is 10. The van der Waals surface area contributed by atoms with E-state index in [1.807, 2.05) is 82.3 Å². The van der Waals surface area contributed by atoms with Gasteiger partial charge in [-0.15, -0.1) is 0 Å². The van der Waals surface area contributed by atoms with Crippen molar-refractivity contribution in [2.24, 2.45) is 23.7 Å². The van der Waals surface area contributed by atoms with E-state index in [1.54, 1.807) is 59.8 Å². The van der Waals surface area contributed by atoms with Crippen LogP contribution in [-0.4, -0.2) is 147 Å². The molecule has 7 aliphatic rings. The minimum atomic E-state index is 0.0568. The molecule has 5 saturated heterocycles. The summed E-state index contributed by atoms with van der Waals surface area (Å²) in [5.41, 5.74) is 9.06. The van der Waals surface area contributed by atoms with Crippen molar-refractivity contribution in [2.75, 3.05) is 95.9 Å². The minimum Gasteiger partial charge on any atom is -0.508 e. The van der Waals surface area contributed by atoms with Gasteiger partial charge >= 0.3 is 0 Å². The number of benzene rings is 12. The van der Waals surface area contributed by atoms with E-state index < -0.39 is 0 Å². The molecule has 12 aromatic carbocycles. The van der Waals surface area contributed by atoms with Gasteiger partial charge in [-0.2, -0.15) is 0 Å². The van der Waals surface area contributed by atoms with Gasteiger partial charge in [-0.05, 0) is 324 Å². The molecule has 2 bridgehead atoms. The Labute approximate surface area is 819 Å². The molecular formula is C115H152O10S8+8. The highest BCUT2D eigenvalue weighted by molar-refractivity contribution is 7.99. The zero-order valence-electron chi connectivity index (χ0n) is 82.1. The Bertz CT molecular complexity index is 5720. The summed E-state index contributed by atoms with van der Waals surface area (Å²) >= 11 is 0. The summed E-state index contributed by atoms with van der Waals surface area (Å²) < 4.78 is 6.10. The number of phenols is 9. The van der Waals surface area contributed by atoms with Crippen molar-refractivity contribution in [3.8, 4) is 57.5 Å². The zero-order valence-corrected chi connectivity index (χ0v) is 88.7. The molecule has 6 atom stereocenters. The van der Waals surface area contributed by atoms with Crippen LogP contribution in [0.25, 0.3) is 43.1 Å². The molecule has 2 saturated carbocycles. The highest BCUT2D eigenvalue weighted by atomic mass is 32.2. The Morgan fingerprint density at radius 1 is 0.346 bits per heavy atom. The molecule has 6 unspecified atom stereocenters. The van der Waals surface area contributed by atoms with Crippen LogP contribution < -0.4 is 4.74 Å². The van der Waals surface area contributed by atoms with E-state index in [0.717, 1.165) is 109 Å². The topological polar surface area (TPSA) is 191 Å². The van der Waals surface area contributed by atoms with Crippen LogP contribution in [0.2, 0.25) is 0 Å². The molecule has 12 aromatic rings. The Morgan fingerprint density at radius 2 is 0.797 bits per heavy atom. The van der Waals surface area contributed by atoms with E-state index in [2.05, 4.69) is 158 Å². The predicted molar refractivity (Wildman–Crippen MR) is 586 cm³/mol. The molecule has 19 rings (SSSR count). The Balaban J connectivity index is 0.000000138. The van der Waals surface area contributed by atoms with Gasteiger partial charge in [0.1, 0.15) is 152 Å². The smallest absolute Gasteiger partial charge is 0.166 e. The first-order chi connectivity index (χ1) is 64.0. The third kappa shape index (κ3) is 26.9. The highest BCUT2D eigenvalue weighted by Gasteiger charge is 2.57. The summed E-state index contributed by atoms with van der Waals surface area (Å²) in [6, 6.07) is 59.9. The average Bonchev–Trinajstić information content (AvgIpc) is 1.58. The fourth-order valence-electron chi connectivity index (χ4n) is 20.2. The molecule has 0 amide bonds. The Kier molecular flexibility index (Phi) is 39.4. The Hall–Kier alpha value is -7.52. The largest absolute Gasteiger partial charge is 0.508 e. The number of ether oxygens (including phenoxy) is 1. The quantitative estimate of drug-likeness (QED) is 0.0295. The van der Waals surface area contributed by atoms with Crippen LogP contribution in [0, 0.1) is 65.2 Å². The third-order valence-electron chi connectivity index (χ3n) is 27.3. The fraction of sp³-hybridized carbons (Fsp3) is 0.443. The summed E-state index contributed by atoms with van der Waals surface area (Å²) in [4.78, 5) is 11.1. The lowest BCUT2D eigenvalue weighted by Gasteiger charge is -2.19. The monoisotopic (exact) mass is 1950 g/mol. The number of unbranched alkanes of at least 4 members (excludes halogenated alkanes) is 3. The van der Waals surface area contributed by atoms with Gasteiger partial charge in [0.15, 0.2) is 39.2 Å². The number of fused-ring (bicyclic) bond motifs is 9. The van der Waals surface area contributed by atoms with E-state index >= 15 is 0 Å². The summed E-state index contributed by atoms with van der Waals surface area (Å²) in [6.45, 7) is 22.1. The molecule has 5 aliphatic heterocycles. The molecule has 10 nitrogen and oxygen atoms in total. The first-order valence-electron chi connectivity index (χ1n) is 48.6. The van der Waals surface area contributed by atoms with Gasteiger partial charge in [0.25, 0.3) is 0 Å². The second-order valence-electron chi connectivity index (χ2n) is 37.8. The normalized spacial score (nSPS) is 19.1. The van der Waals surface area contributed by atoms with E-state index in [0.29, 0.717) is 88.6 Å². The maximum Gasteiger partial charge on any atom is 0.166 e. The number of hydrogen-bond donors (Lipinski definition) is 9. The summed E-state index contributed by atoms with van der Waals surface area (Å²) in [6.07, 6.45) is 39.0. The molecule has 0 aromatic heterocycles. The zero-order chi connectivity index (χ0) is 95.3. The molecule has 7 fully saturated rings. The van der Waals surface area contributed by atoms with Crippen molar-refractivity contribution >= 4 is 130 Å². The van der Waals surface area contributed by atoms with E-state index in [1.165, 1.54) is 222 Å². The molecule has 0 radical (unpaired) electrons. The van der Waals surface area contributed by atoms with Crippen molar-refractivity contribution in [3.63, 3.8) is 0 Å². The molecule has 5 heterocycles. The van der Waals surface area contributed by atoms with E-state index in [4.69, 9.17) is 4.74 Å². The van der Waals surface area contributed by atoms with Gasteiger partial charge in [0, 0.05) is 160 Å². The van der Waals surface area contributed by atoms with Gasteiger partial charge < -0.3 is 50.7 Å². The van der Waals surface area contributed by atoms with Crippen molar-refractivity contribution in [1.82, 2.24) is 0 Å². The standard InChI is InChI=1S/C23H29OS.C18H28OS.2C13H18OS.2C12H12O2S.C12H16OS.C12H12OS/c1-2-3-12-24-22-10-11-23(19-7-5-4-6-18(19)22)25-14-20-16-8-9-17(13-16)21(20)15-25;1-3-5-9-15-13-17(20-11-7-8-12-20)14-16(18(15)19)10-6-4-2;1-9-7-12(8-10(2)13(9)14)15-6-4-5-11(15)3;1-10-8-12(14)9-11(2)13(10)15-6-4-3-5-7-15;1-15(2)12-6-5-11(14)9-4-3-8(13)7-10(9)12;1-15(2)11-7-6-9(13)8-4-3-5-10(14)12(8)11;1-9-7-11(8-10(2)12(9)13)14-5-3-4-6-14;1-14(2)12-8-7-11(13)9-5-3-4-6-10(9)12/h4-7,10-11,16-17,20-21H,2-3,8-9,12-15H2,1H3;13-14H,3-12H2,1-2H3;7-8,11H,4-6H2,1-3H3;8-9H,3-7H2,1-2H3;2*3-7H,1-2H3,(H-,13,14);7-8H,3-6H2,1-2H3;3-8H,1-2H3/q+1;;;;;;;/p+7. The van der Waals surface area contributed by atoms with E-state index in [9.17, 15) is 46.0 Å². The van der Waals surface area contributed by atoms with Gasteiger partial charge in [-0.25, -0.2) is 0 Å². The van der Waals surface area contributed by atoms with Crippen LogP contribution in [0.15, 0.2) is 221 Å². The van der Waals surface area contributed by atoms with E-state index in [-0.39, 0.29) is 55.7 Å². The van der Waals surface area contributed by atoms with Crippen LogP contribution >= 0.6 is 0 Å². The first-order valence-corrected chi connectivity index (χ1v) is 62.4. The Morgan fingerprint density at radius 3 is 1.31 bits per heavy atom. The van der Waals surface area contributed by atoms with Gasteiger partial charge in [0.05, 0.1) is 12.0 Å². The van der Waals surface area contributed by atoms with Crippen LogP contribution in [-0.2, 0) is 100 Å². The maximum absolute atomic E-state index is 10.5. The lowest BCUT2D eigenvalue weighted by Crippen LogP contribution is -2.19. The van der Waals surface area contributed by atoms with Gasteiger partial charge in [-0.1, -0.05) is 88.6 Å². The van der Waals surface area contributed by atoms with Crippen molar-refractivity contribution in [1.29, 1.82) is 0 Å². The summed E-state index contributed by atoms with van der Waals surface area (Å²) in [5.74, 6) is 21.0. The third-order valence-corrected chi connectivity index (χ3v) is 44.1. The maximum atomic E-state index is 10.5. The van der Waals surface area contributed by atoms with Crippen molar-refractivity contribution in [2.45, 2.75) is 242 Å². The molecular weight excluding hydrogens is 1800 g/mol. The number of aryl methyl sites for hydroxylation is 8. The number of aromatic hydroxyl groups is 9. The molecule has 133 heavy (non-hydrogen) atoms. The average molecular weight is 1950 g/mol. The SMILES string of the molecule is CCCCOc1ccc([S+]2CC3C4CCC(C4)C3C2)c2ccccc12.CCCCc1cc([S+]2CCCC2)cc(CCCC)c1O.C[S+](C)c1ccc(O)c2ccc(O)cc12.C[S+](C)c1ccc(O)c2cccc(O)c12.C[S+](C)c1ccc(O)c2ccccc12.Cc1cc(O)cc(C)c1[S+]1CCCCC1.Cc1cc([S+]2CCCC2)cc(C)c1O.Cc1cc([S+]2CCCC2C)cc(C)c1O. The van der Waals surface area contributed by atoms with Gasteiger partial charge in [-0.3, -0.25) is 0 Å². The number of rotatable bonds is 18. The van der Waals surface area contributed by atoms with Crippen LogP contribution in [0.3, 0.4) is 0 Å². The molecule has 2 aliphatic carbocycles. The van der Waals surface area contributed by atoms with Gasteiger partial charge in [0.2, 0.25) is 0 Å².